The van der Waals surface area contributed by atoms with Crippen LogP contribution in [0.4, 0.5) is 0 Å². The van der Waals surface area contributed by atoms with Gasteiger partial charge in [-0.2, -0.15) is 0 Å². The molecule has 2 atom stereocenters. The van der Waals surface area contributed by atoms with E-state index in [0.717, 1.165) is 16.7 Å². The van der Waals surface area contributed by atoms with Gasteiger partial charge in [0.05, 0.1) is 18.1 Å². The topological polar surface area (TPSA) is 35.0 Å². The number of benzene rings is 1. The van der Waals surface area contributed by atoms with Crippen molar-refractivity contribution in [2.24, 2.45) is 5.92 Å². The van der Waals surface area contributed by atoms with Crippen LogP contribution in [-0.2, 0) is 0 Å². The highest BCUT2D eigenvalue weighted by molar-refractivity contribution is 5.75. The Bertz CT molecular complexity index is 661. The van der Waals surface area contributed by atoms with Crippen molar-refractivity contribution < 1.29 is 4.74 Å². The van der Waals surface area contributed by atoms with E-state index in [4.69, 9.17) is 9.72 Å². The normalized spacial score (nSPS) is 21.8. The maximum Gasteiger partial charge on any atom is 0.236 e. The first-order valence-corrected chi connectivity index (χ1v) is 6.45. The van der Waals surface area contributed by atoms with Gasteiger partial charge in [0.15, 0.2) is 0 Å². The Balaban J connectivity index is 2.16. The third-order valence-corrected chi connectivity index (χ3v) is 3.48. The summed E-state index contributed by atoms with van der Waals surface area (Å²) in [6, 6.07) is 7.88. The zero-order chi connectivity index (χ0) is 13.2. The summed E-state index contributed by atoms with van der Waals surface area (Å²) < 4.78 is 5.42. The molecule has 0 fully saturated rings. The maximum absolute atomic E-state index is 5.42. The van der Waals surface area contributed by atoms with Gasteiger partial charge in [0, 0.05) is 5.92 Å². The van der Waals surface area contributed by atoms with Crippen LogP contribution in [0.3, 0.4) is 0 Å². The van der Waals surface area contributed by atoms with E-state index < -0.39 is 0 Å². The quantitative estimate of drug-likeness (QED) is 0.820. The average molecular weight is 252 g/mol. The standard InChI is InChI=1S/C16H16N2O/c1-11-7-3-4-8-12(11)15-16(19-2)18-14-10-6-5-9-13(14)17-15/h3-12H,1-2H3. The largest absolute Gasteiger partial charge is 0.480 e. The Kier molecular flexibility index (Phi) is 3.03. The fourth-order valence-electron chi connectivity index (χ4n) is 2.42. The molecule has 3 nitrogen and oxygen atoms in total. The molecule has 0 N–H and O–H groups in total. The molecule has 3 rings (SSSR count). The Labute approximate surface area is 112 Å². The number of para-hydroxylation sites is 2. The number of hydrogen-bond donors (Lipinski definition) is 0. The van der Waals surface area contributed by atoms with Gasteiger partial charge in [-0.1, -0.05) is 43.4 Å². The predicted molar refractivity (Wildman–Crippen MR) is 76.3 cm³/mol. The average Bonchev–Trinajstić information content (AvgIpc) is 2.46. The minimum atomic E-state index is 0.219. The maximum atomic E-state index is 5.42. The summed E-state index contributed by atoms with van der Waals surface area (Å²) in [6.07, 6.45) is 8.47. The summed E-state index contributed by atoms with van der Waals surface area (Å²) >= 11 is 0. The van der Waals surface area contributed by atoms with Crippen LogP contribution in [0.15, 0.2) is 48.6 Å². The van der Waals surface area contributed by atoms with Gasteiger partial charge >= 0.3 is 0 Å². The zero-order valence-corrected chi connectivity index (χ0v) is 11.1. The molecule has 0 radical (unpaired) electrons. The third kappa shape index (κ3) is 2.12. The molecule has 3 heteroatoms. The van der Waals surface area contributed by atoms with Crippen molar-refractivity contribution >= 4 is 11.0 Å². The van der Waals surface area contributed by atoms with Crippen LogP contribution in [0.2, 0.25) is 0 Å². The molecule has 1 aromatic carbocycles. The van der Waals surface area contributed by atoms with Crippen molar-refractivity contribution in [3.05, 3.63) is 54.3 Å². The second kappa shape index (κ2) is 4.84. The molecule has 1 heterocycles. The monoisotopic (exact) mass is 252 g/mol. The lowest BCUT2D eigenvalue weighted by Crippen LogP contribution is -2.12. The second-order valence-corrected chi connectivity index (χ2v) is 4.76. The second-order valence-electron chi connectivity index (χ2n) is 4.76. The molecular weight excluding hydrogens is 236 g/mol. The van der Waals surface area contributed by atoms with Gasteiger partial charge in [-0.05, 0) is 18.1 Å². The van der Waals surface area contributed by atoms with E-state index >= 15 is 0 Å². The number of allylic oxidation sites excluding steroid dienone is 4. The molecule has 96 valence electrons. The molecule has 0 spiro atoms. The van der Waals surface area contributed by atoms with Gasteiger partial charge in [-0.3, -0.25) is 0 Å². The molecule has 1 aromatic heterocycles. The first-order valence-electron chi connectivity index (χ1n) is 6.45. The van der Waals surface area contributed by atoms with Gasteiger partial charge < -0.3 is 4.74 Å². The highest BCUT2D eigenvalue weighted by Crippen LogP contribution is 2.34. The molecule has 0 saturated carbocycles. The van der Waals surface area contributed by atoms with Gasteiger partial charge in [-0.25, -0.2) is 9.97 Å². The minimum Gasteiger partial charge on any atom is -0.480 e. The molecule has 1 aliphatic carbocycles. The van der Waals surface area contributed by atoms with E-state index in [0.29, 0.717) is 11.8 Å². The summed E-state index contributed by atoms with van der Waals surface area (Å²) in [7, 11) is 1.65. The highest BCUT2D eigenvalue weighted by Gasteiger charge is 2.23. The lowest BCUT2D eigenvalue weighted by Gasteiger charge is -2.21. The van der Waals surface area contributed by atoms with E-state index in [1.54, 1.807) is 7.11 Å². The van der Waals surface area contributed by atoms with Crippen molar-refractivity contribution in [2.75, 3.05) is 7.11 Å². The Hall–Kier alpha value is -2.16. The predicted octanol–water partition coefficient (Wildman–Crippen LogP) is 3.48. The van der Waals surface area contributed by atoms with Gasteiger partial charge in [-0.15, -0.1) is 0 Å². The van der Waals surface area contributed by atoms with E-state index in [9.17, 15) is 0 Å². The number of hydrogen-bond acceptors (Lipinski definition) is 3. The van der Waals surface area contributed by atoms with E-state index in [2.05, 4.69) is 36.2 Å². The number of fused-ring (bicyclic) bond motifs is 1. The Morgan fingerprint density at radius 2 is 1.68 bits per heavy atom. The SMILES string of the molecule is COc1nc2ccccc2nc1C1C=CC=CC1C. The van der Waals surface area contributed by atoms with E-state index in [1.165, 1.54) is 0 Å². The van der Waals surface area contributed by atoms with Crippen LogP contribution in [0.5, 0.6) is 5.88 Å². The smallest absolute Gasteiger partial charge is 0.236 e. The van der Waals surface area contributed by atoms with Crippen molar-refractivity contribution in [1.29, 1.82) is 0 Å². The number of rotatable bonds is 2. The summed E-state index contributed by atoms with van der Waals surface area (Å²) in [5.74, 6) is 1.24. The summed E-state index contributed by atoms with van der Waals surface area (Å²) in [5, 5.41) is 0. The van der Waals surface area contributed by atoms with Crippen LogP contribution in [0, 0.1) is 5.92 Å². The molecule has 0 bridgehead atoms. The van der Waals surface area contributed by atoms with Crippen molar-refractivity contribution in [3.8, 4) is 5.88 Å². The van der Waals surface area contributed by atoms with Crippen LogP contribution in [0.1, 0.15) is 18.5 Å². The van der Waals surface area contributed by atoms with E-state index in [1.807, 2.05) is 24.3 Å². The molecule has 0 aliphatic heterocycles. The molecule has 1 aliphatic rings. The number of aromatic nitrogens is 2. The molecular formula is C16H16N2O. The number of nitrogens with zero attached hydrogens (tertiary/aromatic N) is 2. The molecule has 2 unspecified atom stereocenters. The molecule has 0 amide bonds. The lowest BCUT2D eigenvalue weighted by molar-refractivity contribution is 0.385. The van der Waals surface area contributed by atoms with Crippen LogP contribution >= 0.6 is 0 Å². The Morgan fingerprint density at radius 1 is 1.00 bits per heavy atom. The fourth-order valence-corrected chi connectivity index (χ4v) is 2.42. The summed E-state index contributed by atoms with van der Waals surface area (Å²) in [6.45, 7) is 2.18. The highest BCUT2D eigenvalue weighted by atomic mass is 16.5. The minimum absolute atomic E-state index is 0.219. The van der Waals surface area contributed by atoms with Crippen molar-refractivity contribution in [1.82, 2.24) is 9.97 Å². The molecule has 0 saturated heterocycles. The lowest BCUT2D eigenvalue weighted by atomic mass is 9.87. The molecule has 19 heavy (non-hydrogen) atoms. The van der Waals surface area contributed by atoms with Gasteiger partial charge in [0.2, 0.25) is 5.88 Å². The number of methoxy groups -OCH3 is 1. The van der Waals surface area contributed by atoms with Gasteiger partial charge in [0.25, 0.3) is 0 Å². The van der Waals surface area contributed by atoms with Gasteiger partial charge in [0.1, 0.15) is 5.69 Å². The zero-order valence-electron chi connectivity index (χ0n) is 11.1. The van der Waals surface area contributed by atoms with Crippen LogP contribution < -0.4 is 4.74 Å². The number of ether oxygens (including phenoxy) is 1. The summed E-state index contributed by atoms with van der Waals surface area (Å²) in [5.41, 5.74) is 2.69. The fraction of sp³-hybridized carbons (Fsp3) is 0.250. The third-order valence-electron chi connectivity index (χ3n) is 3.48. The van der Waals surface area contributed by atoms with E-state index in [-0.39, 0.29) is 5.92 Å². The van der Waals surface area contributed by atoms with Crippen LogP contribution in [0.25, 0.3) is 11.0 Å². The first-order chi connectivity index (χ1) is 9.29. The first kappa shape index (κ1) is 11.9. The van der Waals surface area contributed by atoms with Crippen molar-refractivity contribution in [2.45, 2.75) is 12.8 Å². The molecule has 2 aromatic rings. The van der Waals surface area contributed by atoms with Crippen molar-refractivity contribution in [3.63, 3.8) is 0 Å². The Morgan fingerprint density at radius 3 is 2.37 bits per heavy atom. The summed E-state index contributed by atoms with van der Waals surface area (Å²) in [4.78, 5) is 9.31. The van der Waals surface area contributed by atoms with Crippen LogP contribution in [-0.4, -0.2) is 17.1 Å².